The van der Waals surface area contributed by atoms with Gasteiger partial charge in [0.2, 0.25) is 17.7 Å². The van der Waals surface area contributed by atoms with Crippen molar-refractivity contribution in [1.29, 1.82) is 0 Å². The van der Waals surface area contributed by atoms with Crippen molar-refractivity contribution in [3.8, 4) is 11.1 Å². The number of carbonyl (C=O) groups excluding carboxylic acids is 6. The van der Waals surface area contributed by atoms with Gasteiger partial charge in [-0.3, -0.25) is 28.7 Å². The summed E-state index contributed by atoms with van der Waals surface area (Å²) in [7, 11) is 1.39. The highest BCUT2D eigenvalue weighted by atomic mass is 16.6. The standard InChI is InChI=1S/C51H61N9O12/c1-27(54-48(67)56-39(47(66)72-51(4,5)6)22-30-24-52-38-19-13-12-14-32(30)38)43(63)58-42(44(64)53-25-31-23-40(61)46(71-31)60-21-20-41(62)57-49(60)68)29(3)59(7)45(65)28(2)55-50(69)70-26-37-35-17-10-8-15-33(35)34-16-9-11-18-36(34)37/h8-21,24,27-29,31,37,39-40,42,46,52,61H,22-23,25-26H2,1-7H3,(H,53,64)(H,55,69)(H,58,63)(H2,54,56,67)(H,57,62,68)/t27-,28-,29-,31+,39-,40+,42-,46+/m0/s1. The van der Waals surface area contributed by atoms with Gasteiger partial charge in [-0.15, -0.1) is 0 Å². The molecule has 1 saturated heterocycles. The first kappa shape index (κ1) is 52.1. The zero-order valence-electron chi connectivity index (χ0n) is 41.0. The van der Waals surface area contributed by atoms with Crippen molar-refractivity contribution in [2.75, 3.05) is 20.2 Å². The van der Waals surface area contributed by atoms with Crippen LogP contribution < -0.4 is 37.8 Å². The molecule has 1 fully saturated rings. The van der Waals surface area contributed by atoms with E-state index in [9.17, 15) is 43.5 Å². The van der Waals surface area contributed by atoms with Crippen LogP contribution in [0.5, 0.6) is 0 Å². The van der Waals surface area contributed by atoms with Crippen LogP contribution in [0, 0.1) is 0 Å². The van der Waals surface area contributed by atoms with Crippen LogP contribution in [0.1, 0.15) is 76.8 Å². The smallest absolute Gasteiger partial charge is 0.407 e. The number of rotatable bonds is 17. The number of nitrogens with zero attached hydrogens (tertiary/aromatic N) is 2. The molecule has 5 aromatic rings. The molecule has 21 nitrogen and oxygen atoms in total. The number of benzene rings is 3. The van der Waals surface area contributed by atoms with E-state index >= 15 is 0 Å². The van der Waals surface area contributed by atoms with Crippen LogP contribution in [0.15, 0.2) is 101 Å². The van der Waals surface area contributed by atoms with Gasteiger partial charge in [-0.1, -0.05) is 66.7 Å². The summed E-state index contributed by atoms with van der Waals surface area (Å²) >= 11 is 0. The second-order valence-electron chi connectivity index (χ2n) is 19.1. The average Bonchev–Trinajstić information content (AvgIpc) is 4.02. The second kappa shape index (κ2) is 22.1. The van der Waals surface area contributed by atoms with Crippen LogP contribution in [0.25, 0.3) is 22.0 Å². The van der Waals surface area contributed by atoms with E-state index in [-0.39, 0.29) is 31.9 Å². The van der Waals surface area contributed by atoms with E-state index in [0.717, 1.165) is 49.4 Å². The number of H-pyrrole nitrogens is 2. The minimum Gasteiger partial charge on any atom is -0.458 e. The molecule has 2 aromatic heterocycles. The van der Waals surface area contributed by atoms with E-state index in [4.69, 9.17) is 14.2 Å². The van der Waals surface area contributed by atoms with Crippen molar-refractivity contribution in [1.82, 2.24) is 46.0 Å². The van der Waals surface area contributed by atoms with E-state index in [0.29, 0.717) is 0 Å². The van der Waals surface area contributed by atoms with Gasteiger partial charge in [0.05, 0.1) is 12.1 Å². The van der Waals surface area contributed by atoms with Crippen molar-refractivity contribution in [3.63, 3.8) is 0 Å². The molecule has 3 heterocycles. The number of urea groups is 1. The van der Waals surface area contributed by atoms with Crippen LogP contribution in [0.2, 0.25) is 0 Å². The highest BCUT2D eigenvalue weighted by Gasteiger charge is 2.39. The molecule has 8 N–H and O–H groups in total. The lowest BCUT2D eigenvalue weighted by Crippen LogP contribution is -2.62. The Morgan fingerprint density at radius 2 is 1.50 bits per heavy atom. The van der Waals surface area contributed by atoms with Gasteiger partial charge in [0.1, 0.15) is 42.5 Å². The molecule has 6 amide bonds. The number of amides is 6. The molecule has 0 spiro atoms. The molecule has 0 unspecified atom stereocenters. The molecular weight excluding hydrogens is 931 g/mol. The van der Waals surface area contributed by atoms with Crippen LogP contribution in [0.3, 0.4) is 0 Å². The summed E-state index contributed by atoms with van der Waals surface area (Å²) in [5.74, 6) is -3.23. The first-order valence-electron chi connectivity index (χ1n) is 23.6. The van der Waals surface area contributed by atoms with Crippen LogP contribution in [-0.4, -0.2) is 129 Å². The Kier molecular flexibility index (Phi) is 16.0. The molecule has 3 aromatic carbocycles. The first-order valence-corrected chi connectivity index (χ1v) is 23.6. The number of hydrogen-bond acceptors (Lipinski definition) is 12. The zero-order chi connectivity index (χ0) is 52.0. The summed E-state index contributed by atoms with van der Waals surface area (Å²) < 4.78 is 18.2. The van der Waals surface area contributed by atoms with Crippen molar-refractivity contribution >= 4 is 46.7 Å². The van der Waals surface area contributed by atoms with Crippen molar-refractivity contribution in [2.45, 2.75) is 115 Å². The van der Waals surface area contributed by atoms with E-state index in [1.807, 2.05) is 72.8 Å². The number of aromatic nitrogens is 3. The number of alkyl carbamates (subject to hydrolysis) is 1. The lowest BCUT2D eigenvalue weighted by molar-refractivity contribution is -0.157. The number of carbonyl (C=O) groups is 6. The minimum absolute atomic E-state index is 0.00136. The Bertz CT molecular complexity index is 2900. The quantitative estimate of drug-likeness (QED) is 0.0625. The third-order valence-corrected chi connectivity index (χ3v) is 12.7. The third-order valence-electron chi connectivity index (χ3n) is 12.7. The van der Waals surface area contributed by atoms with E-state index < -0.39 is 101 Å². The number of fused-ring (bicyclic) bond motifs is 4. The average molecular weight is 992 g/mol. The number of ether oxygens (including phenoxy) is 3. The minimum atomic E-state index is -1.50. The lowest BCUT2D eigenvalue weighted by Gasteiger charge is -2.34. The third kappa shape index (κ3) is 12.2. The van der Waals surface area contributed by atoms with Gasteiger partial charge in [0.25, 0.3) is 5.56 Å². The number of nitrogens with one attached hydrogen (secondary N) is 7. The molecule has 2 aliphatic rings. The van der Waals surface area contributed by atoms with Gasteiger partial charge >= 0.3 is 23.8 Å². The molecule has 0 radical (unpaired) electrons. The van der Waals surface area contributed by atoms with Crippen molar-refractivity contribution in [3.05, 3.63) is 129 Å². The maximum absolute atomic E-state index is 14.2. The summed E-state index contributed by atoms with van der Waals surface area (Å²) in [5.41, 5.74) is 3.32. The molecule has 21 heteroatoms. The number of esters is 1. The van der Waals surface area contributed by atoms with Crippen molar-refractivity contribution in [2.24, 2.45) is 0 Å². The molecule has 1 aliphatic carbocycles. The summed E-state index contributed by atoms with van der Waals surface area (Å²) in [6, 6.07) is 17.1. The molecule has 0 saturated carbocycles. The highest BCUT2D eigenvalue weighted by Crippen LogP contribution is 2.44. The SMILES string of the molecule is C[C@H](NC(=O)N[C@@H](Cc1c[nH]c2ccccc12)C(=O)OC(C)(C)C)C(=O)N[C@H](C(=O)NC[C@H]1C[C@@H](O)[C@H](n2ccc(=O)[nH]c2=O)O1)[C@H](C)N(C)C(=O)[C@H](C)NC(=O)OCC1c2ccccc2-c2ccccc21. The fourth-order valence-electron chi connectivity index (χ4n) is 8.90. The van der Waals surface area contributed by atoms with Gasteiger partial charge in [-0.05, 0) is 75.4 Å². The first-order chi connectivity index (χ1) is 34.2. The fourth-order valence-corrected chi connectivity index (χ4v) is 8.90. The molecule has 1 aliphatic heterocycles. The van der Waals surface area contributed by atoms with E-state index in [1.54, 1.807) is 27.0 Å². The summed E-state index contributed by atoms with van der Waals surface area (Å²) in [4.78, 5) is 113. The van der Waals surface area contributed by atoms with Gasteiger partial charge in [0.15, 0.2) is 6.23 Å². The number of likely N-dealkylation sites (N-methyl/N-ethyl adjacent to an activating group) is 1. The Morgan fingerprint density at radius 3 is 2.17 bits per heavy atom. The molecule has 0 bridgehead atoms. The number of aromatic amines is 2. The predicted molar refractivity (Wildman–Crippen MR) is 263 cm³/mol. The number of para-hydroxylation sites is 1. The maximum atomic E-state index is 14.2. The fraction of sp³-hybridized carbons (Fsp3) is 0.412. The highest BCUT2D eigenvalue weighted by molar-refractivity contribution is 5.94. The monoisotopic (exact) mass is 991 g/mol. The van der Waals surface area contributed by atoms with Crippen LogP contribution in [-0.2, 0) is 39.8 Å². The van der Waals surface area contributed by atoms with Crippen molar-refractivity contribution < 1.29 is 48.1 Å². The molecule has 382 valence electrons. The summed E-state index contributed by atoms with van der Waals surface area (Å²) in [5, 5.41) is 24.7. The molecule has 7 rings (SSSR count). The van der Waals surface area contributed by atoms with E-state index in [1.165, 1.54) is 38.9 Å². The van der Waals surface area contributed by atoms with Crippen LogP contribution >= 0.6 is 0 Å². The lowest BCUT2D eigenvalue weighted by atomic mass is 9.98. The number of hydrogen-bond donors (Lipinski definition) is 8. The van der Waals surface area contributed by atoms with Gasteiger partial charge < -0.3 is 55.8 Å². The Hall–Kier alpha value is -7.78. The topological polar surface area (TPSA) is 284 Å². The molecular formula is C51H61N9O12. The van der Waals surface area contributed by atoms with Crippen LogP contribution in [0.4, 0.5) is 9.59 Å². The van der Waals surface area contributed by atoms with Gasteiger partial charge in [-0.2, -0.15) is 0 Å². The Morgan fingerprint density at radius 1 is 0.847 bits per heavy atom. The van der Waals surface area contributed by atoms with E-state index in [2.05, 4.69) is 36.6 Å². The summed E-state index contributed by atoms with van der Waals surface area (Å²) in [6.07, 6.45) is -1.15. The Balaban J connectivity index is 1.02. The molecule has 8 atom stereocenters. The molecule has 72 heavy (non-hydrogen) atoms. The maximum Gasteiger partial charge on any atom is 0.407 e. The van der Waals surface area contributed by atoms with Gasteiger partial charge in [0, 0.05) is 61.7 Å². The largest absolute Gasteiger partial charge is 0.458 e. The Labute approximate surface area is 414 Å². The van der Waals surface area contributed by atoms with Gasteiger partial charge in [-0.25, -0.2) is 19.2 Å². The normalized spacial score (nSPS) is 18.3. The summed E-state index contributed by atoms with van der Waals surface area (Å²) in [6.45, 7) is 9.16. The number of aliphatic hydroxyl groups excluding tert-OH is 1. The predicted octanol–water partition coefficient (Wildman–Crippen LogP) is 2.68. The number of aliphatic hydroxyl groups is 1. The zero-order valence-corrected chi connectivity index (χ0v) is 41.0. The second-order valence-corrected chi connectivity index (χ2v) is 19.1.